The van der Waals surface area contributed by atoms with Crippen molar-refractivity contribution in [2.75, 3.05) is 4.90 Å². The Morgan fingerprint density at radius 1 is 0.286 bits per heavy atom. The predicted octanol–water partition coefficient (Wildman–Crippen LogP) is 18.9. The molecule has 0 fully saturated rings. The van der Waals surface area contributed by atoms with Gasteiger partial charge in [0.2, 0.25) is 0 Å². The average Bonchev–Trinajstić information content (AvgIpc) is 3.63. The third kappa shape index (κ3) is 6.85. The van der Waals surface area contributed by atoms with E-state index >= 15 is 0 Å². The second kappa shape index (κ2) is 16.1. The van der Waals surface area contributed by atoms with Crippen molar-refractivity contribution in [3.05, 3.63) is 259 Å². The van der Waals surface area contributed by atoms with Gasteiger partial charge in [-0.15, -0.1) is 0 Å². The average molecular weight is 898 g/mol. The predicted molar refractivity (Wildman–Crippen MR) is 294 cm³/mol. The largest absolute Gasteiger partial charge is 0.457 e. The SMILES string of the molecule is CC1(C)c2ccccc2Oc2ccc(-c3ccc(N(c4ccc(-c5ccc6c(c5)C(C)(C)c5cc(-c7cccc8ccccc78)ccc5-6)cc4)c4ccc(-c5ccc6ccccc6c5)cc4)cc3)cc21. The highest BCUT2D eigenvalue weighted by Crippen LogP contribution is 2.52. The fourth-order valence-electron chi connectivity index (χ4n) is 11.4. The van der Waals surface area contributed by atoms with Crippen molar-refractivity contribution in [2.45, 2.75) is 38.5 Å². The molecule has 2 heteroatoms. The van der Waals surface area contributed by atoms with E-state index < -0.39 is 0 Å². The highest BCUT2D eigenvalue weighted by Gasteiger charge is 2.37. The molecular weight excluding hydrogens is 847 g/mol. The zero-order chi connectivity index (χ0) is 47.1. The Labute approximate surface area is 410 Å². The van der Waals surface area contributed by atoms with Crippen LogP contribution in [-0.4, -0.2) is 0 Å². The van der Waals surface area contributed by atoms with Crippen LogP contribution in [0.15, 0.2) is 237 Å². The van der Waals surface area contributed by atoms with Crippen LogP contribution in [0.1, 0.15) is 49.9 Å². The van der Waals surface area contributed by atoms with E-state index in [0.717, 1.165) is 34.1 Å². The minimum Gasteiger partial charge on any atom is -0.457 e. The van der Waals surface area contributed by atoms with E-state index in [1.54, 1.807) is 0 Å². The number of nitrogens with zero attached hydrogens (tertiary/aromatic N) is 1. The van der Waals surface area contributed by atoms with Gasteiger partial charge in [0, 0.05) is 39.0 Å². The first-order valence-electron chi connectivity index (χ1n) is 24.5. The summed E-state index contributed by atoms with van der Waals surface area (Å²) in [6.07, 6.45) is 0. The Hall–Kier alpha value is -8.46. The maximum atomic E-state index is 6.41. The molecule has 0 aromatic heterocycles. The first kappa shape index (κ1) is 41.7. The number of ether oxygens (including phenoxy) is 1. The topological polar surface area (TPSA) is 12.5 Å². The zero-order valence-electron chi connectivity index (χ0n) is 39.9. The molecule has 0 bridgehead atoms. The second-order valence-corrected chi connectivity index (χ2v) is 20.1. The molecule has 334 valence electrons. The minimum absolute atomic E-state index is 0.155. The Morgan fingerprint density at radius 3 is 1.39 bits per heavy atom. The van der Waals surface area contributed by atoms with Crippen LogP contribution in [0.3, 0.4) is 0 Å². The molecule has 13 rings (SSSR count). The number of rotatable bonds is 7. The summed E-state index contributed by atoms with van der Waals surface area (Å²) in [5.41, 5.74) is 20.4. The molecule has 0 spiro atoms. The normalized spacial score (nSPS) is 13.8. The maximum absolute atomic E-state index is 6.41. The lowest BCUT2D eigenvalue weighted by Gasteiger charge is -2.34. The summed E-state index contributed by atoms with van der Waals surface area (Å²) in [5, 5.41) is 5.05. The molecule has 2 aliphatic rings. The van der Waals surface area contributed by atoms with Gasteiger partial charge in [-0.05, 0) is 161 Å². The number of anilines is 3. The Morgan fingerprint density at radius 2 is 0.729 bits per heavy atom. The lowest BCUT2D eigenvalue weighted by molar-refractivity contribution is 0.418. The summed E-state index contributed by atoms with van der Waals surface area (Å²) < 4.78 is 6.41. The molecule has 1 aliphatic carbocycles. The van der Waals surface area contributed by atoms with Crippen LogP contribution in [-0.2, 0) is 10.8 Å². The van der Waals surface area contributed by atoms with Crippen molar-refractivity contribution in [3.63, 3.8) is 0 Å². The lowest BCUT2D eigenvalue weighted by atomic mass is 9.75. The van der Waals surface area contributed by atoms with E-state index in [2.05, 4.69) is 263 Å². The van der Waals surface area contributed by atoms with Crippen LogP contribution in [0.4, 0.5) is 17.1 Å². The van der Waals surface area contributed by atoms with Crippen LogP contribution >= 0.6 is 0 Å². The molecule has 70 heavy (non-hydrogen) atoms. The van der Waals surface area contributed by atoms with Crippen molar-refractivity contribution in [1.29, 1.82) is 0 Å². The smallest absolute Gasteiger partial charge is 0.131 e. The van der Waals surface area contributed by atoms with Gasteiger partial charge in [-0.3, -0.25) is 0 Å². The fourth-order valence-corrected chi connectivity index (χ4v) is 11.4. The van der Waals surface area contributed by atoms with Gasteiger partial charge in [-0.2, -0.15) is 0 Å². The van der Waals surface area contributed by atoms with E-state index in [1.807, 2.05) is 6.07 Å². The molecule has 0 radical (unpaired) electrons. The molecule has 11 aromatic carbocycles. The van der Waals surface area contributed by atoms with Crippen molar-refractivity contribution in [2.24, 2.45) is 0 Å². The van der Waals surface area contributed by atoms with Crippen LogP contribution in [0.5, 0.6) is 11.5 Å². The summed E-state index contributed by atoms with van der Waals surface area (Å²) in [7, 11) is 0. The van der Waals surface area contributed by atoms with Crippen LogP contribution in [0, 0.1) is 0 Å². The summed E-state index contributed by atoms with van der Waals surface area (Å²) in [4.78, 5) is 2.37. The molecule has 2 nitrogen and oxygen atoms in total. The maximum Gasteiger partial charge on any atom is 0.131 e. The minimum atomic E-state index is -0.189. The number of benzene rings is 11. The summed E-state index contributed by atoms with van der Waals surface area (Å²) in [5.74, 6) is 1.86. The molecule has 0 unspecified atom stereocenters. The number of para-hydroxylation sites is 1. The summed E-state index contributed by atoms with van der Waals surface area (Å²) >= 11 is 0. The molecule has 0 amide bonds. The van der Waals surface area contributed by atoms with Crippen molar-refractivity contribution in [1.82, 2.24) is 0 Å². The third-order valence-corrected chi connectivity index (χ3v) is 15.3. The molecule has 11 aromatic rings. The number of hydrogen-bond donors (Lipinski definition) is 0. The first-order chi connectivity index (χ1) is 34.2. The Bertz CT molecular complexity index is 3830. The highest BCUT2D eigenvalue weighted by molar-refractivity contribution is 5.98. The number of hydrogen-bond acceptors (Lipinski definition) is 2. The standard InChI is InChI=1S/C68H51NO/c1-67(2)61-18-9-10-19-65(61)70-66-39-30-52(42-64(66)67)47-26-35-56(36-27-47)69(54-31-22-45(23-32-54)50-21-20-44-12-5-6-14-49(44)40-50)55-33-24-46(25-34-55)51-28-37-59-60-38-29-53(43-63(60)68(3,4)62(59)41-51)58-17-11-15-48-13-7-8-16-57(48)58/h5-43H,1-4H3. The molecule has 0 N–H and O–H groups in total. The van der Waals surface area contributed by atoms with Crippen molar-refractivity contribution < 1.29 is 4.74 Å². The van der Waals surface area contributed by atoms with Gasteiger partial charge in [-0.25, -0.2) is 0 Å². The van der Waals surface area contributed by atoms with Crippen molar-refractivity contribution >= 4 is 38.6 Å². The zero-order valence-corrected chi connectivity index (χ0v) is 39.9. The van der Waals surface area contributed by atoms with Gasteiger partial charge in [0.1, 0.15) is 11.5 Å². The van der Waals surface area contributed by atoms with Gasteiger partial charge in [0.25, 0.3) is 0 Å². The molecule has 0 saturated carbocycles. The fraction of sp³-hybridized carbons (Fsp3) is 0.0882. The summed E-state index contributed by atoms with van der Waals surface area (Å²) in [6, 6.07) is 86.9. The third-order valence-electron chi connectivity index (χ3n) is 15.3. The monoisotopic (exact) mass is 897 g/mol. The van der Waals surface area contributed by atoms with E-state index in [1.165, 1.54) is 93.9 Å². The molecule has 0 saturated heterocycles. The van der Waals surface area contributed by atoms with Crippen molar-refractivity contribution in [3.8, 4) is 67.1 Å². The van der Waals surface area contributed by atoms with Gasteiger partial charge in [0.15, 0.2) is 0 Å². The number of fused-ring (bicyclic) bond motifs is 7. The molecule has 1 heterocycles. The second-order valence-electron chi connectivity index (χ2n) is 20.1. The molecule has 0 atom stereocenters. The first-order valence-corrected chi connectivity index (χ1v) is 24.5. The Kier molecular flexibility index (Phi) is 9.58. The van der Waals surface area contributed by atoms with E-state index in [0.29, 0.717) is 0 Å². The van der Waals surface area contributed by atoms with E-state index in [9.17, 15) is 0 Å². The van der Waals surface area contributed by atoms with E-state index in [-0.39, 0.29) is 10.8 Å². The van der Waals surface area contributed by atoms with Crippen LogP contribution < -0.4 is 9.64 Å². The van der Waals surface area contributed by atoms with Gasteiger partial charge in [-0.1, -0.05) is 191 Å². The molecule has 1 aliphatic heterocycles. The lowest BCUT2D eigenvalue weighted by Crippen LogP contribution is -2.24. The van der Waals surface area contributed by atoms with Crippen LogP contribution in [0.2, 0.25) is 0 Å². The van der Waals surface area contributed by atoms with Gasteiger partial charge < -0.3 is 9.64 Å². The Balaban J connectivity index is 0.836. The van der Waals surface area contributed by atoms with Gasteiger partial charge in [0.05, 0.1) is 0 Å². The summed E-state index contributed by atoms with van der Waals surface area (Å²) in [6.45, 7) is 9.35. The van der Waals surface area contributed by atoms with Gasteiger partial charge >= 0.3 is 0 Å². The molecular formula is C68H51NO. The van der Waals surface area contributed by atoms with E-state index in [4.69, 9.17) is 4.74 Å². The van der Waals surface area contributed by atoms with Crippen LogP contribution in [0.25, 0.3) is 77.2 Å². The quantitative estimate of drug-likeness (QED) is 0.158. The highest BCUT2D eigenvalue weighted by atomic mass is 16.5.